The molecule has 0 radical (unpaired) electrons. The Hall–Kier alpha value is 0.660. The average Bonchev–Trinajstić information content (AvgIpc) is 2.41. The van der Waals surface area contributed by atoms with E-state index >= 15 is 0 Å². The topological polar surface area (TPSA) is 46.2 Å². The summed E-state index contributed by atoms with van der Waals surface area (Å²) in [5.41, 5.74) is 0.0835. The Morgan fingerprint density at radius 3 is 2.29 bits per heavy atom. The van der Waals surface area contributed by atoms with Crippen molar-refractivity contribution in [3.63, 3.8) is 0 Å². The molecule has 5 aliphatic rings. The van der Waals surface area contributed by atoms with Crippen molar-refractivity contribution in [2.24, 2.45) is 10.8 Å². The number of hydrogen-bond donors (Lipinski definition) is 0. The molecule has 1 unspecified atom stereocenters. The highest BCUT2D eigenvalue weighted by atomic mass is 31.2. The number of hydrogen-bond acceptors (Lipinski definition) is 5. The van der Waals surface area contributed by atoms with Gasteiger partial charge in [0.2, 0.25) is 0 Å². The van der Waals surface area contributed by atoms with Gasteiger partial charge < -0.3 is 22.6 Å². The van der Waals surface area contributed by atoms with Crippen molar-refractivity contribution in [3.05, 3.63) is 0 Å². The van der Waals surface area contributed by atoms with Crippen LogP contribution < -0.4 is 0 Å². The van der Waals surface area contributed by atoms with Gasteiger partial charge in [0, 0.05) is 10.8 Å². The van der Waals surface area contributed by atoms with E-state index < -0.39 is 8.60 Å². The molecular weight excluding hydrogens is 262 g/mol. The van der Waals surface area contributed by atoms with E-state index in [2.05, 4.69) is 0 Å². The molecule has 0 aromatic heterocycles. The highest BCUT2D eigenvalue weighted by Gasteiger charge is 2.62. The first-order chi connectivity index (χ1) is 8.33. The van der Waals surface area contributed by atoms with Gasteiger partial charge >= 0.3 is 8.60 Å². The van der Waals surface area contributed by atoms with Crippen LogP contribution in [-0.4, -0.2) is 32.5 Å². The molecule has 96 valence electrons. The standard InChI is InChI=1S/C10H16O5P2/c1-2-9(4-11-16-12-5-9)8-10(3-1)6-13-17(15-8)14-7-10/h8,16H,1-7H2. The smallest absolute Gasteiger partial charge is 0.333 e. The third-order valence-electron chi connectivity index (χ3n) is 4.41. The Bertz CT molecular complexity index is 301. The Morgan fingerprint density at radius 1 is 0.941 bits per heavy atom. The zero-order chi connectivity index (χ0) is 11.3. The van der Waals surface area contributed by atoms with Gasteiger partial charge in [0.1, 0.15) is 0 Å². The van der Waals surface area contributed by atoms with Crippen LogP contribution in [-0.2, 0) is 22.6 Å². The van der Waals surface area contributed by atoms with Crippen LogP contribution in [0.4, 0.5) is 0 Å². The van der Waals surface area contributed by atoms with Crippen LogP contribution in [0, 0.1) is 10.8 Å². The van der Waals surface area contributed by atoms with Crippen LogP contribution in [0.2, 0.25) is 0 Å². The van der Waals surface area contributed by atoms with E-state index in [4.69, 9.17) is 22.6 Å². The molecular formula is C10H16O5P2. The molecule has 2 spiro atoms. The highest BCUT2D eigenvalue weighted by molar-refractivity contribution is 7.41. The molecule has 1 aliphatic carbocycles. The molecule has 0 aromatic rings. The molecule has 1 atom stereocenters. The minimum absolute atomic E-state index is 0.0393. The molecule has 5 fully saturated rings. The summed E-state index contributed by atoms with van der Waals surface area (Å²) in [6.07, 6.45) is 3.64. The van der Waals surface area contributed by atoms with Crippen molar-refractivity contribution in [2.45, 2.75) is 25.4 Å². The lowest BCUT2D eigenvalue weighted by Crippen LogP contribution is -2.63. The Balaban J connectivity index is 1.68. The third-order valence-corrected chi connectivity index (χ3v) is 5.99. The average molecular weight is 278 g/mol. The molecule has 5 nitrogen and oxygen atoms in total. The van der Waals surface area contributed by atoms with E-state index in [9.17, 15) is 0 Å². The molecule has 4 saturated heterocycles. The monoisotopic (exact) mass is 278 g/mol. The molecule has 5 rings (SSSR count). The highest BCUT2D eigenvalue weighted by Crippen LogP contribution is 2.65. The van der Waals surface area contributed by atoms with Gasteiger partial charge in [-0.2, -0.15) is 0 Å². The molecule has 17 heavy (non-hydrogen) atoms. The molecule has 2 bridgehead atoms. The Morgan fingerprint density at radius 2 is 1.59 bits per heavy atom. The van der Waals surface area contributed by atoms with Gasteiger partial charge in [0.25, 0.3) is 0 Å². The van der Waals surface area contributed by atoms with Crippen molar-refractivity contribution in [1.82, 2.24) is 0 Å². The predicted molar refractivity (Wildman–Crippen MR) is 62.6 cm³/mol. The van der Waals surface area contributed by atoms with Crippen molar-refractivity contribution in [1.29, 1.82) is 0 Å². The first kappa shape index (κ1) is 11.5. The van der Waals surface area contributed by atoms with Crippen LogP contribution >= 0.6 is 17.6 Å². The van der Waals surface area contributed by atoms with Crippen LogP contribution in [0.25, 0.3) is 0 Å². The lowest BCUT2D eigenvalue weighted by Gasteiger charge is -2.59. The van der Waals surface area contributed by atoms with Crippen molar-refractivity contribution < 1.29 is 22.6 Å². The van der Waals surface area contributed by atoms with Gasteiger partial charge in [-0.1, -0.05) is 6.42 Å². The maximum Gasteiger partial charge on any atom is 0.333 e. The van der Waals surface area contributed by atoms with Gasteiger partial charge in [-0.25, -0.2) is 0 Å². The summed E-state index contributed by atoms with van der Waals surface area (Å²) < 4.78 is 28.4. The second-order valence-corrected chi connectivity index (χ2v) is 7.41. The van der Waals surface area contributed by atoms with E-state index in [1.807, 2.05) is 0 Å². The molecule has 0 N–H and O–H groups in total. The maximum atomic E-state index is 6.04. The van der Waals surface area contributed by atoms with Gasteiger partial charge in [-0.05, 0) is 12.8 Å². The lowest BCUT2D eigenvalue weighted by molar-refractivity contribution is -0.209. The SMILES string of the molecule is C1CC2(COPOC2)C2OP3OCC2(C1)CO3. The van der Waals surface area contributed by atoms with E-state index in [0.29, 0.717) is 0 Å². The normalized spacial score (nSPS) is 55.1. The maximum absolute atomic E-state index is 6.04. The zero-order valence-corrected chi connectivity index (χ0v) is 11.4. The van der Waals surface area contributed by atoms with Crippen LogP contribution in [0.5, 0.6) is 0 Å². The fourth-order valence-electron chi connectivity index (χ4n) is 3.54. The first-order valence-electron chi connectivity index (χ1n) is 6.05. The second-order valence-electron chi connectivity index (χ2n) is 5.49. The summed E-state index contributed by atoms with van der Waals surface area (Å²) in [7, 11) is -0.921. The van der Waals surface area contributed by atoms with Crippen LogP contribution in [0.1, 0.15) is 19.3 Å². The molecule has 4 heterocycles. The zero-order valence-electron chi connectivity index (χ0n) is 9.52. The first-order valence-corrected chi connectivity index (χ1v) is 7.96. The van der Waals surface area contributed by atoms with Crippen molar-refractivity contribution in [3.8, 4) is 0 Å². The Kier molecular flexibility index (Phi) is 2.75. The summed E-state index contributed by atoms with van der Waals surface area (Å²) >= 11 is 0. The van der Waals surface area contributed by atoms with E-state index in [-0.39, 0.29) is 26.0 Å². The fraction of sp³-hybridized carbons (Fsp3) is 1.00. The minimum atomic E-state index is -1.11. The summed E-state index contributed by atoms with van der Waals surface area (Å²) in [5.74, 6) is 0. The van der Waals surface area contributed by atoms with E-state index in [0.717, 1.165) is 39.3 Å². The van der Waals surface area contributed by atoms with Crippen molar-refractivity contribution in [2.75, 3.05) is 26.4 Å². The molecule has 0 amide bonds. The lowest BCUT2D eigenvalue weighted by atomic mass is 9.60. The van der Waals surface area contributed by atoms with Crippen LogP contribution in [0.15, 0.2) is 0 Å². The second kappa shape index (κ2) is 4.08. The third kappa shape index (κ3) is 1.64. The minimum Gasteiger partial charge on any atom is -0.336 e. The molecule has 7 heteroatoms. The molecule has 1 saturated carbocycles. The fourth-order valence-corrected chi connectivity index (χ4v) is 5.85. The van der Waals surface area contributed by atoms with E-state index in [1.165, 1.54) is 6.42 Å². The molecule has 0 aromatic carbocycles. The van der Waals surface area contributed by atoms with Crippen molar-refractivity contribution >= 4 is 17.6 Å². The molecule has 4 aliphatic heterocycles. The van der Waals surface area contributed by atoms with Gasteiger partial charge in [-0.15, -0.1) is 0 Å². The summed E-state index contributed by atoms with van der Waals surface area (Å²) in [5, 5.41) is 0. The predicted octanol–water partition coefficient (Wildman–Crippen LogP) is 2.37. The number of rotatable bonds is 0. The van der Waals surface area contributed by atoms with Gasteiger partial charge in [0.15, 0.2) is 9.03 Å². The van der Waals surface area contributed by atoms with Crippen LogP contribution in [0.3, 0.4) is 0 Å². The summed E-state index contributed by atoms with van der Waals surface area (Å²) in [6.45, 7) is 3.10. The summed E-state index contributed by atoms with van der Waals surface area (Å²) in [6, 6.07) is 0. The largest absolute Gasteiger partial charge is 0.336 e. The summed E-state index contributed by atoms with van der Waals surface area (Å²) in [4.78, 5) is 0. The number of fused-ring (bicyclic) bond motifs is 2. The van der Waals surface area contributed by atoms with Gasteiger partial charge in [0.05, 0.1) is 32.5 Å². The Labute approximate surface area is 103 Å². The quantitative estimate of drug-likeness (QED) is 0.637. The van der Waals surface area contributed by atoms with E-state index in [1.54, 1.807) is 0 Å². The van der Waals surface area contributed by atoms with Gasteiger partial charge in [-0.3, -0.25) is 0 Å².